The van der Waals surface area contributed by atoms with Crippen LogP contribution in [-0.4, -0.2) is 0 Å². The van der Waals surface area contributed by atoms with Crippen molar-refractivity contribution in [3.63, 3.8) is 0 Å². The van der Waals surface area contributed by atoms with E-state index in [1.807, 2.05) is 0 Å². The van der Waals surface area contributed by atoms with Crippen molar-refractivity contribution in [1.82, 2.24) is 0 Å². The van der Waals surface area contributed by atoms with Crippen LogP contribution in [0, 0.1) is 12.8 Å². The molecule has 1 aromatic rings. The van der Waals surface area contributed by atoms with Crippen molar-refractivity contribution in [3.8, 4) is 0 Å². The van der Waals surface area contributed by atoms with E-state index in [4.69, 9.17) is 0 Å². The Morgan fingerprint density at radius 3 is 2.40 bits per heavy atom. The maximum Gasteiger partial charge on any atom is -0.0159 e. The summed E-state index contributed by atoms with van der Waals surface area (Å²) in [6.07, 6.45) is 7.23. The molecule has 1 atom stereocenters. The Bertz CT molecular complexity index is 308. The van der Waals surface area contributed by atoms with Gasteiger partial charge in [0.15, 0.2) is 0 Å². The molecule has 0 saturated heterocycles. The van der Waals surface area contributed by atoms with Gasteiger partial charge in [-0.2, -0.15) is 0 Å². The highest BCUT2D eigenvalue weighted by molar-refractivity contribution is 5.29. The molecule has 1 aliphatic carbocycles. The minimum absolute atomic E-state index is 0.756. The van der Waals surface area contributed by atoms with Gasteiger partial charge >= 0.3 is 0 Å². The lowest BCUT2D eigenvalue weighted by atomic mass is 9.77. The monoisotopic (exact) mass is 202 g/mol. The molecule has 1 unspecified atom stereocenters. The Hall–Kier alpha value is -0.780. The molecule has 1 saturated carbocycles. The van der Waals surface area contributed by atoms with Crippen molar-refractivity contribution >= 4 is 0 Å². The van der Waals surface area contributed by atoms with Crippen LogP contribution in [-0.2, 0) is 0 Å². The molecule has 1 aliphatic rings. The van der Waals surface area contributed by atoms with Crippen LogP contribution in [0.1, 0.15) is 56.1 Å². The summed E-state index contributed by atoms with van der Waals surface area (Å²) < 4.78 is 0. The van der Waals surface area contributed by atoms with E-state index in [2.05, 4.69) is 38.1 Å². The topological polar surface area (TPSA) is 0 Å². The summed E-state index contributed by atoms with van der Waals surface area (Å²) in [5.41, 5.74) is 3.04. The van der Waals surface area contributed by atoms with Gasteiger partial charge in [-0.3, -0.25) is 0 Å². The third-order valence-electron chi connectivity index (χ3n) is 4.04. The zero-order valence-electron chi connectivity index (χ0n) is 10.00. The molecule has 0 heterocycles. The van der Waals surface area contributed by atoms with Crippen molar-refractivity contribution in [2.45, 2.75) is 51.9 Å². The average Bonchev–Trinajstić information content (AvgIpc) is 2.30. The predicted octanol–water partition coefficient (Wildman–Crippen LogP) is 4.68. The normalized spacial score (nSPS) is 20.1. The number of aryl methyl sites for hydroxylation is 1. The predicted molar refractivity (Wildman–Crippen MR) is 66.2 cm³/mol. The van der Waals surface area contributed by atoms with Gasteiger partial charge in [-0.1, -0.05) is 50.5 Å². The molecule has 1 fully saturated rings. The highest BCUT2D eigenvalue weighted by atomic mass is 14.3. The first-order chi connectivity index (χ1) is 7.29. The van der Waals surface area contributed by atoms with Gasteiger partial charge in [0.05, 0.1) is 0 Å². The van der Waals surface area contributed by atoms with Crippen LogP contribution in [0.2, 0.25) is 0 Å². The van der Waals surface area contributed by atoms with Gasteiger partial charge < -0.3 is 0 Å². The van der Waals surface area contributed by atoms with Crippen LogP contribution in [0.5, 0.6) is 0 Å². The van der Waals surface area contributed by atoms with Gasteiger partial charge in [-0.15, -0.1) is 0 Å². The maximum absolute atomic E-state index is 2.42. The first kappa shape index (κ1) is 10.7. The van der Waals surface area contributed by atoms with E-state index in [0.29, 0.717) is 0 Å². The summed E-state index contributed by atoms with van der Waals surface area (Å²) in [7, 11) is 0. The molecular formula is C15H22. The highest BCUT2D eigenvalue weighted by Crippen LogP contribution is 2.36. The largest absolute Gasteiger partial charge is 0.0620 e. The van der Waals surface area contributed by atoms with Gasteiger partial charge in [0.2, 0.25) is 0 Å². The third-order valence-corrected chi connectivity index (χ3v) is 4.04. The van der Waals surface area contributed by atoms with Crippen LogP contribution in [0.4, 0.5) is 0 Å². The lowest BCUT2D eigenvalue weighted by Crippen LogP contribution is -2.14. The first-order valence-electron chi connectivity index (χ1n) is 6.34. The second-order valence-electron chi connectivity index (χ2n) is 5.04. The number of benzene rings is 1. The molecule has 15 heavy (non-hydrogen) atoms. The van der Waals surface area contributed by atoms with E-state index in [1.165, 1.54) is 37.7 Å². The Balaban J connectivity index is 2.12. The molecule has 0 spiro atoms. The van der Waals surface area contributed by atoms with Gasteiger partial charge in [-0.05, 0) is 42.7 Å². The smallest absolute Gasteiger partial charge is 0.0159 e. The minimum atomic E-state index is 0.756. The van der Waals surface area contributed by atoms with Crippen LogP contribution in [0.15, 0.2) is 24.3 Å². The summed E-state index contributed by atoms with van der Waals surface area (Å²) in [5, 5.41) is 0. The molecule has 0 radical (unpaired) electrons. The van der Waals surface area contributed by atoms with Crippen molar-refractivity contribution in [2.75, 3.05) is 0 Å². The molecule has 0 N–H and O–H groups in total. The van der Waals surface area contributed by atoms with E-state index < -0.39 is 0 Å². The number of rotatable bonds is 2. The summed E-state index contributed by atoms with van der Waals surface area (Å²) in [6, 6.07) is 8.89. The second-order valence-corrected chi connectivity index (χ2v) is 5.04. The fourth-order valence-corrected chi connectivity index (χ4v) is 2.99. The zero-order chi connectivity index (χ0) is 10.7. The Morgan fingerprint density at radius 1 is 1.07 bits per heavy atom. The molecule has 0 bridgehead atoms. The first-order valence-corrected chi connectivity index (χ1v) is 6.34. The van der Waals surface area contributed by atoms with Gasteiger partial charge in [0.1, 0.15) is 0 Å². The molecule has 1 aromatic carbocycles. The summed E-state index contributed by atoms with van der Waals surface area (Å²) in [5.74, 6) is 1.69. The lowest BCUT2D eigenvalue weighted by molar-refractivity contribution is 0.315. The fraction of sp³-hybridized carbons (Fsp3) is 0.600. The number of hydrogen-bond acceptors (Lipinski definition) is 0. The molecule has 2 rings (SSSR count). The minimum Gasteiger partial charge on any atom is -0.0620 e. The van der Waals surface area contributed by atoms with Crippen molar-refractivity contribution in [3.05, 3.63) is 35.4 Å². The summed E-state index contributed by atoms with van der Waals surface area (Å²) >= 11 is 0. The van der Waals surface area contributed by atoms with Crippen LogP contribution in [0.3, 0.4) is 0 Å². The Labute approximate surface area is 93.7 Å². The molecular weight excluding hydrogens is 180 g/mol. The second kappa shape index (κ2) is 4.83. The third kappa shape index (κ3) is 2.42. The summed E-state index contributed by atoms with van der Waals surface area (Å²) in [6.45, 7) is 4.66. The lowest BCUT2D eigenvalue weighted by Gasteiger charge is -2.28. The maximum atomic E-state index is 2.42. The quantitative estimate of drug-likeness (QED) is 0.653. The fourth-order valence-electron chi connectivity index (χ4n) is 2.99. The molecule has 0 aromatic heterocycles. The van der Waals surface area contributed by atoms with Crippen molar-refractivity contribution in [2.24, 2.45) is 5.92 Å². The van der Waals surface area contributed by atoms with E-state index in [0.717, 1.165) is 11.8 Å². The van der Waals surface area contributed by atoms with Crippen molar-refractivity contribution in [1.29, 1.82) is 0 Å². The van der Waals surface area contributed by atoms with Gasteiger partial charge in [-0.25, -0.2) is 0 Å². The van der Waals surface area contributed by atoms with Crippen LogP contribution >= 0.6 is 0 Å². The van der Waals surface area contributed by atoms with Gasteiger partial charge in [0.25, 0.3) is 0 Å². The van der Waals surface area contributed by atoms with Gasteiger partial charge in [0, 0.05) is 0 Å². The SMILES string of the molecule is Cc1ccccc1C(C)C1CCCCC1. The molecule has 0 heteroatoms. The van der Waals surface area contributed by atoms with E-state index >= 15 is 0 Å². The summed E-state index contributed by atoms with van der Waals surface area (Å²) in [4.78, 5) is 0. The molecule has 82 valence electrons. The average molecular weight is 202 g/mol. The van der Waals surface area contributed by atoms with Crippen molar-refractivity contribution < 1.29 is 0 Å². The Morgan fingerprint density at radius 2 is 1.73 bits per heavy atom. The standard InChI is InChI=1S/C15H22/c1-12-8-6-7-11-15(12)13(2)14-9-4-3-5-10-14/h6-8,11,13-14H,3-5,9-10H2,1-2H3. The van der Waals surface area contributed by atoms with Crippen LogP contribution in [0.25, 0.3) is 0 Å². The van der Waals surface area contributed by atoms with E-state index in [1.54, 1.807) is 5.56 Å². The molecule has 0 amide bonds. The zero-order valence-corrected chi connectivity index (χ0v) is 10.00. The highest BCUT2D eigenvalue weighted by Gasteiger charge is 2.21. The van der Waals surface area contributed by atoms with Crippen LogP contribution < -0.4 is 0 Å². The Kier molecular flexibility index (Phi) is 3.45. The molecule has 0 aliphatic heterocycles. The molecule has 0 nitrogen and oxygen atoms in total. The number of hydrogen-bond donors (Lipinski definition) is 0. The van der Waals surface area contributed by atoms with E-state index in [-0.39, 0.29) is 0 Å². The van der Waals surface area contributed by atoms with E-state index in [9.17, 15) is 0 Å².